The first-order chi connectivity index (χ1) is 14.0. The maximum absolute atomic E-state index is 11.6. The Balaban J connectivity index is 2.27. The van der Waals surface area contributed by atoms with Crippen LogP contribution in [0.15, 0.2) is 36.9 Å². The number of aryl methyl sites for hydroxylation is 1. The predicted octanol–water partition coefficient (Wildman–Crippen LogP) is 6.90. The van der Waals surface area contributed by atoms with Gasteiger partial charge in [0, 0.05) is 11.1 Å². The van der Waals surface area contributed by atoms with E-state index in [2.05, 4.69) is 53.3 Å². The minimum atomic E-state index is -1.03. The maximum Gasteiger partial charge on any atom is 0.335 e. The lowest BCUT2D eigenvalue weighted by molar-refractivity contribution is -0.130. The summed E-state index contributed by atoms with van der Waals surface area (Å²) in [6, 6.07) is 10.3. The Kier molecular flexibility index (Phi) is 5.86. The zero-order valence-electron chi connectivity index (χ0n) is 19.2. The Morgan fingerprint density at radius 3 is 2.23 bits per heavy atom. The lowest BCUT2D eigenvalue weighted by Gasteiger charge is -2.42. The molecule has 0 heterocycles. The van der Waals surface area contributed by atoms with Gasteiger partial charge < -0.3 is 9.84 Å². The van der Waals surface area contributed by atoms with Gasteiger partial charge in [-0.25, -0.2) is 4.79 Å². The number of rotatable bonds is 6. The number of carboxylic acids is 1. The van der Waals surface area contributed by atoms with E-state index < -0.39 is 5.97 Å². The van der Waals surface area contributed by atoms with Crippen LogP contribution >= 0.6 is 0 Å². The van der Waals surface area contributed by atoms with Crippen LogP contribution in [0.25, 0.3) is 16.7 Å². The summed E-state index contributed by atoms with van der Waals surface area (Å²) in [5.41, 5.74) is 6.86. The quantitative estimate of drug-likeness (QED) is 0.531. The number of hydrogen-bond acceptors (Lipinski definition) is 2. The monoisotopic (exact) mass is 406 g/mol. The molecule has 2 aromatic carbocycles. The van der Waals surface area contributed by atoms with Crippen molar-refractivity contribution in [3.8, 4) is 16.9 Å². The Morgan fingerprint density at radius 2 is 1.67 bits per heavy atom. The van der Waals surface area contributed by atoms with Gasteiger partial charge in [-0.1, -0.05) is 65.5 Å². The second-order valence-electron chi connectivity index (χ2n) is 9.79. The fourth-order valence-electron chi connectivity index (χ4n) is 4.47. The molecule has 1 aliphatic rings. The number of aliphatic carboxylic acids is 1. The van der Waals surface area contributed by atoms with Gasteiger partial charge in [-0.05, 0) is 65.3 Å². The molecule has 0 spiro atoms. The highest BCUT2D eigenvalue weighted by Crippen LogP contribution is 2.48. The van der Waals surface area contributed by atoms with E-state index in [0.29, 0.717) is 17.9 Å². The summed E-state index contributed by atoms with van der Waals surface area (Å²) >= 11 is 0. The van der Waals surface area contributed by atoms with Crippen LogP contribution in [-0.4, -0.2) is 17.7 Å². The van der Waals surface area contributed by atoms with E-state index in [-0.39, 0.29) is 16.4 Å². The smallest absolute Gasteiger partial charge is 0.335 e. The molecule has 3 nitrogen and oxygen atoms in total. The summed E-state index contributed by atoms with van der Waals surface area (Å²) in [5.74, 6) is -0.416. The van der Waals surface area contributed by atoms with Crippen LogP contribution in [0.5, 0.6) is 5.75 Å². The van der Waals surface area contributed by atoms with E-state index in [1.807, 2.05) is 19.1 Å². The van der Waals surface area contributed by atoms with Gasteiger partial charge in [-0.2, -0.15) is 0 Å². The third-order valence-corrected chi connectivity index (χ3v) is 6.54. The number of para-hydroxylation sites is 1. The van der Waals surface area contributed by atoms with Crippen molar-refractivity contribution >= 4 is 11.5 Å². The van der Waals surface area contributed by atoms with Crippen molar-refractivity contribution < 1.29 is 14.6 Å². The topological polar surface area (TPSA) is 46.5 Å². The highest BCUT2D eigenvalue weighted by atomic mass is 16.5. The number of benzene rings is 2. The molecule has 0 unspecified atom stereocenters. The maximum atomic E-state index is 11.6. The molecule has 0 atom stereocenters. The van der Waals surface area contributed by atoms with Crippen LogP contribution in [0.4, 0.5) is 0 Å². The summed E-state index contributed by atoms with van der Waals surface area (Å²) in [5, 5.41) is 9.53. The van der Waals surface area contributed by atoms with Gasteiger partial charge in [0.25, 0.3) is 0 Å². The summed E-state index contributed by atoms with van der Waals surface area (Å²) < 4.78 is 6.11. The molecule has 3 rings (SSSR count). The van der Waals surface area contributed by atoms with Crippen molar-refractivity contribution in [2.75, 3.05) is 6.61 Å². The van der Waals surface area contributed by atoms with Crippen LogP contribution in [0, 0.1) is 6.92 Å². The van der Waals surface area contributed by atoms with Gasteiger partial charge in [0.05, 0.1) is 12.2 Å². The first-order valence-corrected chi connectivity index (χ1v) is 10.8. The van der Waals surface area contributed by atoms with Crippen LogP contribution in [-0.2, 0) is 15.6 Å². The van der Waals surface area contributed by atoms with Crippen molar-refractivity contribution in [2.24, 2.45) is 0 Å². The molecule has 3 heteroatoms. The summed E-state index contributed by atoms with van der Waals surface area (Å²) in [7, 11) is 0. The van der Waals surface area contributed by atoms with Gasteiger partial charge in [0.15, 0.2) is 0 Å². The average Bonchev–Trinajstić information content (AvgIpc) is 2.69. The largest absolute Gasteiger partial charge is 0.492 e. The van der Waals surface area contributed by atoms with E-state index in [1.165, 1.54) is 23.1 Å². The molecule has 0 fully saturated rings. The second-order valence-corrected chi connectivity index (χ2v) is 9.79. The summed E-state index contributed by atoms with van der Waals surface area (Å²) in [6.07, 6.45) is 3.16. The summed E-state index contributed by atoms with van der Waals surface area (Å²) in [6.45, 7) is 17.8. The standard InChI is InChI=1S/C27H34O3/c1-8-14-30-24-19(18(3)25(28)29)10-9-11-20(24)21-16-23-22(15-17(21)2)26(4,5)12-13-27(23,6)7/h9-11,15-16H,3,8,12-14H2,1-2,4-7H3,(H,28,29). The fourth-order valence-corrected chi connectivity index (χ4v) is 4.47. The highest BCUT2D eigenvalue weighted by molar-refractivity contribution is 6.15. The van der Waals surface area contributed by atoms with E-state index in [9.17, 15) is 9.90 Å². The van der Waals surface area contributed by atoms with Gasteiger partial charge in [0.1, 0.15) is 5.75 Å². The molecule has 0 amide bonds. The zero-order chi connectivity index (χ0) is 22.3. The molecule has 0 aliphatic heterocycles. The first kappa shape index (κ1) is 22.1. The molecule has 0 saturated carbocycles. The van der Waals surface area contributed by atoms with Crippen molar-refractivity contribution in [3.05, 3.63) is 59.2 Å². The van der Waals surface area contributed by atoms with Crippen molar-refractivity contribution in [1.82, 2.24) is 0 Å². The van der Waals surface area contributed by atoms with Crippen LogP contribution < -0.4 is 4.74 Å². The fraction of sp³-hybridized carbons (Fsp3) is 0.444. The Bertz CT molecular complexity index is 995. The molecule has 0 saturated heterocycles. The van der Waals surface area contributed by atoms with E-state index in [4.69, 9.17) is 4.74 Å². The Labute approximate surface area is 180 Å². The molecular formula is C27H34O3. The molecule has 160 valence electrons. The SMILES string of the molecule is C=C(C(=O)O)c1cccc(-c2cc3c(cc2C)C(C)(C)CCC3(C)C)c1OCCC. The molecular weight excluding hydrogens is 372 g/mol. The highest BCUT2D eigenvalue weighted by Gasteiger charge is 2.37. The van der Waals surface area contributed by atoms with E-state index in [1.54, 1.807) is 6.07 Å². The molecule has 0 bridgehead atoms. The van der Waals surface area contributed by atoms with Gasteiger partial charge in [-0.3, -0.25) is 0 Å². The lowest BCUT2D eigenvalue weighted by Crippen LogP contribution is -2.34. The predicted molar refractivity (Wildman–Crippen MR) is 124 cm³/mol. The minimum Gasteiger partial charge on any atom is -0.492 e. The number of carbonyl (C=O) groups is 1. The third kappa shape index (κ3) is 3.90. The summed E-state index contributed by atoms with van der Waals surface area (Å²) in [4.78, 5) is 11.6. The number of fused-ring (bicyclic) bond motifs is 1. The number of carboxylic acid groups (broad SMARTS) is 1. The normalized spacial score (nSPS) is 16.6. The second kappa shape index (κ2) is 7.94. The van der Waals surface area contributed by atoms with E-state index in [0.717, 1.165) is 24.0 Å². The average molecular weight is 407 g/mol. The van der Waals surface area contributed by atoms with Gasteiger partial charge >= 0.3 is 5.97 Å². The lowest BCUT2D eigenvalue weighted by atomic mass is 9.62. The van der Waals surface area contributed by atoms with Crippen molar-refractivity contribution in [1.29, 1.82) is 0 Å². The first-order valence-electron chi connectivity index (χ1n) is 10.8. The number of ether oxygens (including phenoxy) is 1. The molecule has 1 aliphatic carbocycles. The van der Waals surface area contributed by atoms with Crippen LogP contribution in [0.1, 0.15) is 76.1 Å². The van der Waals surface area contributed by atoms with Gasteiger partial charge in [0.2, 0.25) is 0 Å². The molecule has 0 radical (unpaired) electrons. The molecule has 2 aromatic rings. The van der Waals surface area contributed by atoms with Gasteiger partial charge in [-0.15, -0.1) is 0 Å². The minimum absolute atomic E-state index is 0.0556. The van der Waals surface area contributed by atoms with Crippen molar-refractivity contribution in [2.45, 2.75) is 71.6 Å². The number of hydrogen-bond donors (Lipinski definition) is 1. The molecule has 0 aromatic heterocycles. The zero-order valence-corrected chi connectivity index (χ0v) is 19.2. The molecule has 30 heavy (non-hydrogen) atoms. The van der Waals surface area contributed by atoms with Crippen LogP contribution in [0.2, 0.25) is 0 Å². The third-order valence-electron chi connectivity index (χ3n) is 6.54. The van der Waals surface area contributed by atoms with Crippen molar-refractivity contribution in [3.63, 3.8) is 0 Å². The van der Waals surface area contributed by atoms with Crippen LogP contribution in [0.3, 0.4) is 0 Å². The Morgan fingerprint density at radius 1 is 1.07 bits per heavy atom. The van der Waals surface area contributed by atoms with E-state index >= 15 is 0 Å². The molecule has 1 N–H and O–H groups in total. The Hall–Kier alpha value is -2.55.